The van der Waals surface area contributed by atoms with Crippen molar-refractivity contribution in [1.29, 1.82) is 0 Å². The molecule has 2 heterocycles. The number of anilines is 1. The molecule has 0 aliphatic heterocycles. The van der Waals surface area contributed by atoms with E-state index in [1.54, 1.807) is 18.6 Å². The number of rotatable bonds is 2. The van der Waals surface area contributed by atoms with E-state index in [9.17, 15) is 0 Å². The van der Waals surface area contributed by atoms with Crippen molar-refractivity contribution < 1.29 is 0 Å². The number of pyridine rings is 1. The molecule has 0 bridgehead atoms. The molecule has 1 aromatic carbocycles. The average molecular weight is 237 g/mol. The molecule has 0 amide bonds. The summed E-state index contributed by atoms with van der Waals surface area (Å²) in [4.78, 5) is 12.8. The van der Waals surface area contributed by atoms with Gasteiger partial charge in [-0.1, -0.05) is 18.2 Å². The third-order valence-corrected chi connectivity index (χ3v) is 2.74. The molecule has 0 saturated carbocycles. The molecule has 88 valence electrons. The molecule has 5 heteroatoms. The topological polar surface area (TPSA) is 76.7 Å². The lowest BCUT2D eigenvalue weighted by Crippen LogP contribution is -2.10. The standard InChI is InChI=1S/C13H11N5/c14-18-13-12(16-7-8-17-13)10-5-6-15-11-4-2-1-3-9(10)11/h1-8H,14H2,(H,17,18). The van der Waals surface area contributed by atoms with Gasteiger partial charge in [-0.05, 0) is 12.1 Å². The smallest absolute Gasteiger partial charge is 0.166 e. The average Bonchev–Trinajstić information content (AvgIpc) is 2.46. The molecule has 0 spiro atoms. The first kappa shape index (κ1) is 10.6. The highest BCUT2D eigenvalue weighted by Gasteiger charge is 2.10. The van der Waals surface area contributed by atoms with Crippen LogP contribution in [-0.2, 0) is 0 Å². The summed E-state index contributed by atoms with van der Waals surface area (Å²) < 4.78 is 0. The van der Waals surface area contributed by atoms with Gasteiger partial charge in [-0.2, -0.15) is 0 Å². The van der Waals surface area contributed by atoms with E-state index in [2.05, 4.69) is 20.4 Å². The first-order valence-corrected chi connectivity index (χ1v) is 5.52. The molecule has 18 heavy (non-hydrogen) atoms. The quantitative estimate of drug-likeness (QED) is 0.526. The van der Waals surface area contributed by atoms with Crippen LogP contribution >= 0.6 is 0 Å². The summed E-state index contributed by atoms with van der Waals surface area (Å²) in [7, 11) is 0. The van der Waals surface area contributed by atoms with Gasteiger partial charge in [0.15, 0.2) is 5.82 Å². The molecule has 5 nitrogen and oxygen atoms in total. The van der Waals surface area contributed by atoms with Gasteiger partial charge in [-0.25, -0.2) is 10.8 Å². The SMILES string of the molecule is NNc1nccnc1-c1ccnc2ccccc12. The lowest BCUT2D eigenvalue weighted by molar-refractivity contribution is 1.16. The third kappa shape index (κ3) is 1.66. The fourth-order valence-electron chi connectivity index (χ4n) is 1.94. The Bertz CT molecular complexity index is 690. The Kier molecular flexibility index (Phi) is 2.59. The molecule has 0 aliphatic carbocycles. The van der Waals surface area contributed by atoms with Crippen LogP contribution < -0.4 is 11.3 Å². The van der Waals surface area contributed by atoms with E-state index >= 15 is 0 Å². The van der Waals surface area contributed by atoms with Crippen molar-refractivity contribution in [1.82, 2.24) is 15.0 Å². The van der Waals surface area contributed by atoms with Crippen LogP contribution in [0.3, 0.4) is 0 Å². The van der Waals surface area contributed by atoms with Crippen LogP contribution in [0.1, 0.15) is 0 Å². The number of hydrogen-bond donors (Lipinski definition) is 2. The Balaban J connectivity index is 2.32. The van der Waals surface area contributed by atoms with Crippen molar-refractivity contribution in [2.24, 2.45) is 5.84 Å². The number of fused-ring (bicyclic) bond motifs is 1. The summed E-state index contributed by atoms with van der Waals surface area (Å²) in [6, 6.07) is 9.81. The zero-order valence-electron chi connectivity index (χ0n) is 9.54. The second-order valence-electron chi connectivity index (χ2n) is 3.77. The lowest BCUT2D eigenvalue weighted by Gasteiger charge is -2.08. The zero-order valence-corrected chi connectivity index (χ0v) is 9.54. The van der Waals surface area contributed by atoms with Crippen molar-refractivity contribution in [2.45, 2.75) is 0 Å². The van der Waals surface area contributed by atoms with Gasteiger partial charge in [0, 0.05) is 29.5 Å². The predicted molar refractivity (Wildman–Crippen MR) is 70.6 cm³/mol. The Labute approximate surface area is 104 Å². The van der Waals surface area contributed by atoms with E-state index in [0.717, 1.165) is 22.2 Å². The van der Waals surface area contributed by atoms with E-state index in [-0.39, 0.29) is 0 Å². The first-order chi connectivity index (χ1) is 8.90. The van der Waals surface area contributed by atoms with Crippen LogP contribution in [0.5, 0.6) is 0 Å². The highest BCUT2D eigenvalue weighted by Crippen LogP contribution is 2.29. The lowest BCUT2D eigenvalue weighted by atomic mass is 10.1. The molecule has 0 radical (unpaired) electrons. The highest BCUT2D eigenvalue weighted by atomic mass is 15.3. The first-order valence-electron chi connectivity index (χ1n) is 5.52. The number of benzene rings is 1. The van der Waals surface area contributed by atoms with Crippen molar-refractivity contribution in [2.75, 3.05) is 5.43 Å². The maximum Gasteiger partial charge on any atom is 0.166 e. The molecular formula is C13H11N5. The van der Waals surface area contributed by atoms with Gasteiger partial charge in [-0.15, -0.1) is 0 Å². The van der Waals surface area contributed by atoms with E-state index < -0.39 is 0 Å². The summed E-state index contributed by atoms with van der Waals surface area (Å²) in [5, 5.41) is 1.03. The minimum Gasteiger partial charge on any atom is -0.307 e. The summed E-state index contributed by atoms with van der Waals surface area (Å²) in [6.45, 7) is 0. The van der Waals surface area contributed by atoms with Crippen LogP contribution in [0.2, 0.25) is 0 Å². The largest absolute Gasteiger partial charge is 0.307 e. The van der Waals surface area contributed by atoms with Crippen molar-refractivity contribution >= 4 is 16.7 Å². The second-order valence-corrected chi connectivity index (χ2v) is 3.77. The van der Waals surface area contributed by atoms with Gasteiger partial charge in [0.25, 0.3) is 0 Å². The Morgan fingerprint density at radius 3 is 2.61 bits per heavy atom. The van der Waals surface area contributed by atoms with Crippen LogP contribution in [-0.4, -0.2) is 15.0 Å². The molecular weight excluding hydrogens is 226 g/mol. The van der Waals surface area contributed by atoms with E-state index in [0.29, 0.717) is 5.82 Å². The number of hydrogen-bond acceptors (Lipinski definition) is 5. The number of nitrogens with two attached hydrogens (primary N) is 1. The van der Waals surface area contributed by atoms with Gasteiger partial charge in [0.2, 0.25) is 0 Å². The molecule has 0 saturated heterocycles. The molecule has 0 unspecified atom stereocenters. The number of nitrogens with one attached hydrogen (secondary N) is 1. The number of para-hydroxylation sites is 1. The van der Waals surface area contributed by atoms with Crippen molar-refractivity contribution in [3.05, 3.63) is 48.9 Å². The van der Waals surface area contributed by atoms with Crippen LogP contribution in [0.15, 0.2) is 48.9 Å². The molecule has 0 aliphatic rings. The molecule has 3 N–H and O–H groups in total. The third-order valence-electron chi connectivity index (χ3n) is 2.74. The zero-order chi connectivity index (χ0) is 12.4. The van der Waals surface area contributed by atoms with E-state index in [1.165, 1.54) is 0 Å². The van der Waals surface area contributed by atoms with Gasteiger partial charge >= 0.3 is 0 Å². The molecule has 0 atom stereocenters. The minimum absolute atomic E-state index is 0.550. The number of nitrogen functional groups attached to an aromatic ring is 1. The Morgan fingerprint density at radius 2 is 1.72 bits per heavy atom. The molecule has 3 rings (SSSR count). The molecule has 0 fully saturated rings. The number of aromatic nitrogens is 3. The summed E-state index contributed by atoms with van der Waals surface area (Å²) in [5.41, 5.74) is 5.17. The van der Waals surface area contributed by atoms with Gasteiger partial charge in [0.1, 0.15) is 5.69 Å². The fourth-order valence-corrected chi connectivity index (χ4v) is 1.94. The molecule has 3 aromatic rings. The van der Waals surface area contributed by atoms with Crippen LogP contribution in [0.25, 0.3) is 22.2 Å². The molecule has 2 aromatic heterocycles. The monoisotopic (exact) mass is 237 g/mol. The predicted octanol–water partition coefficient (Wildman–Crippen LogP) is 1.98. The number of hydrazine groups is 1. The Hall–Kier alpha value is -2.53. The maximum absolute atomic E-state index is 5.46. The van der Waals surface area contributed by atoms with E-state index in [4.69, 9.17) is 5.84 Å². The normalized spacial score (nSPS) is 10.5. The Morgan fingerprint density at radius 1 is 0.889 bits per heavy atom. The van der Waals surface area contributed by atoms with Gasteiger partial charge < -0.3 is 5.43 Å². The fraction of sp³-hybridized carbons (Fsp3) is 0. The minimum atomic E-state index is 0.550. The van der Waals surface area contributed by atoms with Gasteiger partial charge in [-0.3, -0.25) is 9.97 Å². The maximum atomic E-state index is 5.46. The number of nitrogens with zero attached hydrogens (tertiary/aromatic N) is 3. The summed E-state index contributed by atoms with van der Waals surface area (Å²) in [5.74, 6) is 6.01. The van der Waals surface area contributed by atoms with Crippen LogP contribution in [0, 0.1) is 0 Å². The highest BCUT2D eigenvalue weighted by molar-refractivity contribution is 5.95. The summed E-state index contributed by atoms with van der Waals surface area (Å²) in [6.07, 6.45) is 5.00. The van der Waals surface area contributed by atoms with Crippen molar-refractivity contribution in [3.8, 4) is 11.3 Å². The van der Waals surface area contributed by atoms with Crippen molar-refractivity contribution in [3.63, 3.8) is 0 Å². The van der Waals surface area contributed by atoms with E-state index in [1.807, 2.05) is 30.3 Å². The summed E-state index contributed by atoms with van der Waals surface area (Å²) >= 11 is 0. The van der Waals surface area contributed by atoms with Crippen LogP contribution in [0.4, 0.5) is 5.82 Å². The van der Waals surface area contributed by atoms with Gasteiger partial charge in [0.05, 0.1) is 5.52 Å². The second kappa shape index (κ2) is 4.38.